The molecule has 0 spiro atoms. The maximum atomic E-state index is 10.2. The standard InChI is InChI=1S/C9H9BrO/c1-7(6-11)2-5-9(10)8-3-4-8/h2-3,5-6H,4H2,1H3/b7-2+,9-5+. The molecule has 0 aromatic heterocycles. The smallest absolute Gasteiger partial charge is 0.145 e. The summed E-state index contributed by atoms with van der Waals surface area (Å²) in [5.74, 6) is 0. The number of hydrogen-bond acceptors (Lipinski definition) is 1. The van der Waals surface area contributed by atoms with Crippen LogP contribution in [0.25, 0.3) is 0 Å². The minimum absolute atomic E-state index is 0.739. The molecule has 0 unspecified atom stereocenters. The van der Waals surface area contributed by atoms with E-state index in [-0.39, 0.29) is 0 Å². The number of aldehydes is 1. The topological polar surface area (TPSA) is 17.1 Å². The second kappa shape index (κ2) is 3.67. The number of allylic oxidation sites excluding steroid dienone is 6. The van der Waals surface area contributed by atoms with Crippen LogP contribution in [0.3, 0.4) is 0 Å². The highest BCUT2D eigenvalue weighted by Crippen LogP contribution is 2.31. The van der Waals surface area contributed by atoms with E-state index in [0.29, 0.717) is 0 Å². The molecule has 0 fully saturated rings. The van der Waals surface area contributed by atoms with Crippen LogP contribution in [0, 0.1) is 0 Å². The zero-order chi connectivity index (χ0) is 8.27. The molecular weight excluding hydrogens is 204 g/mol. The predicted molar refractivity (Wildman–Crippen MR) is 49.5 cm³/mol. The van der Waals surface area contributed by atoms with E-state index in [1.807, 2.05) is 6.08 Å². The Bertz CT molecular complexity index is 259. The molecule has 1 aliphatic rings. The fourth-order valence-corrected chi connectivity index (χ4v) is 1.05. The Kier molecular flexibility index (Phi) is 2.83. The van der Waals surface area contributed by atoms with Crippen LogP contribution in [-0.2, 0) is 4.79 Å². The summed E-state index contributed by atoms with van der Waals surface area (Å²) in [6.45, 7) is 1.78. The Morgan fingerprint density at radius 2 is 2.27 bits per heavy atom. The molecule has 0 radical (unpaired) electrons. The van der Waals surface area contributed by atoms with Gasteiger partial charge in [-0.2, -0.15) is 0 Å². The lowest BCUT2D eigenvalue weighted by atomic mass is 10.3. The first-order valence-electron chi connectivity index (χ1n) is 3.42. The van der Waals surface area contributed by atoms with Gasteiger partial charge in [0.1, 0.15) is 6.29 Å². The summed E-state index contributed by atoms with van der Waals surface area (Å²) in [4.78, 5) is 10.2. The van der Waals surface area contributed by atoms with E-state index in [1.54, 1.807) is 13.0 Å². The summed E-state index contributed by atoms with van der Waals surface area (Å²) in [6, 6.07) is 0. The van der Waals surface area contributed by atoms with Crippen LogP contribution < -0.4 is 0 Å². The summed E-state index contributed by atoms with van der Waals surface area (Å²) < 4.78 is 1.08. The van der Waals surface area contributed by atoms with E-state index in [1.165, 1.54) is 5.57 Å². The third-order valence-electron chi connectivity index (χ3n) is 1.39. The zero-order valence-electron chi connectivity index (χ0n) is 6.30. The predicted octanol–water partition coefficient (Wildman–Crippen LogP) is 2.74. The van der Waals surface area contributed by atoms with Gasteiger partial charge in [-0.1, -0.05) is 28.1 Å². The first kappa shape index (κ1) is 8.47. The summed E-state index contributed by atoms with van der Waals surface area (Å²) in [7, 11) is 0. The molecule has 2 heteroatoms. The Morgan fingerprint density at radius 3 is 2.73 bits per heavy atom. The quantitative estimate of drug-likeness (QED) is 0.400. The van der Waals surface area contributed by atoms with Gasteiger partial charge in [-0.15, -0.1) is 0 Å². The van der Waals surface area contributed by atoms with Crippen molar-refractivity contribution in [2.75, 3.05) is 0 Å². The lowest BCUT2D eigenvalue weighted by Crippen LogP contribution is -1.73. The molecule has 0 heterocycles. The molecule has 1 aliphatic carbocycles. The molecule has 1 rings (SSSR count). The van der Waals surface area contributed by atoms with Gasteiger partial charge in [0.2, 0.25) is 0 Å². The number of hydrogen-bond donors (Lipinski definition) is 0. The van der Waals surface area contributed by atoms with Crippen molar-refractivity contribution >= 4 is 22.2 Å². The van der Waals surface area contributed by atoms with Crippen molar-refractivity contribution in [2.45, 2.75) is 13.3 Å². The van der Waals surface area contributed by atoms with Crippen molar-refractivity contribution in [2.24, 2.45) is 0 Å². The van der Waals surface area contributed by atoms with Gasteiger partial charge in [0.15, 0.2) is 0 Å². The van der Waals surface area contributed by atoms with Crippen molar-refractivity contribution in [1.82, 2.24) is 0 Å². The van der Waals surface area contributed by atoms with E-state index in [4.69, 9.17) is 0 Å². The Hall–Kier alpha value is -0.630. The average molecular weight is 213 g/mol. The average Bonchev–Trinajstić information content (AvgIpc) is 2.81. The van der Waals surface area contributed by atoms with Gasteiger partial charge in [0.05, 0.1) is 0 Å². The van der Waals surface area contributed by atoms with Gasteiger partial charge in [-0.05, 0) is 30.6 Å². The number of rotatable bonds is 3. The molecule has 0 saturated carbocycles. The molecule has 0 aromatic carbocycles. The molecular formula is C9H9BrO. The molecule has 0 aromatic rings. The second-order valence-electron chi connectivity index (χ2n) is 2.48. The summed E-state index contributed by atoms with van der Waals surface area (Å²) in [6.07, 6.45) is 7.76. The van der Waals surface area contributed by atoms with Gasteiger partial charge in [-0.25, -0.2) is 0 Å². The fourth-order valence-electron chi connectivity index (χ4n) is 0.597. The van der Waals surface area contributed by atoms with E-state index in [0.717, 1.165) is 22.8 Å². The SMILES string of the molecule is C/C(C=O)=C\C=C(\Br)C1=CC1. The molecule has 0 amide bonds. The summed E-state index contributed by atoms with van der Waals surface area (Å²) in [5.41, 5.74) is 2.06. The first-order chi connectivity index (χ1) is 5.24. The first-order valence-corrected chi connectivity index (χ1v) is 4.22. The zero-order valence-corrected chi connectivity index (χ0v) is 7.89. The van der Waals surface area contributed by atoms with Gasteiger partial charge in [0.25, 0.3) is 0 Å². The minimum Gasteiger partial charge on any atom is -0.298 e. The van der Waals surface area contributed by atoms with E-state index in [9.17, 15) is 4.79 Å². The van der Waals surface area contributed by atoms with Gasteiger partial charge >= 0.3 is 0 Å². The monoisotopic (exact) mass is 212 g/mol. The second-order valence-corrected chi connectivity index (χ2v) is 3.33. The normalized spacial score (nSPS) is 17.8. The van der Waals surface area contributed by atoms with Crippen LogP contribution in [-0.4, -0.2) is 6.29 Å². The maximum Gasteiger partial charge on any atom is 0.145 e. The molecule has 0 saturated heterocycles. The maximum absolute atomic E-state index is 10.2. The van der Waals surface area contributed by atoms with Crippen molar-refractivity contribution in [3.63, 3.8) is 0 Å². The number of carbonyl (C=O) groups is 1. The van der Waals surface area contributed by atoms with Gasteiger partial charge in [0, 0.05) is 4.48 Å². The van der Waals surface area contributed by atoms with E-state index in [2.05, 4.69) is 22.0 Å². The van der Waals surface area contributed by atoms with Crippen LogP contribution in [0.5, 0.6) is 0 Å². The van der Waals surface area contributed by atoms with Crippen LogP contribution in [0.4, 0.5) is 0 Å². The molecule has 0 atom stereocenters. The lowest BCUT2D eigenvalue weighted by Gasteiger charge is -1.86. The number of halogens is 1. The van der Waals surface area contributed by atoms with E-state index >= 15 is 0 Å². The van der Waals surface area contributed by atoms with Crippen LogP contribution in [0.2, 0.25) is 0 Å². The highest BCUT2D eigenvalue weighted by molar-refractivity contribution is 9.12. The Balaban J connectivity index is 2.57. The molecule has 58 valence electrons. The summed E-state index contributed by atoms with van der Waals surface area (Å²) in [5, 5.41) is 0. The number of carbonyl (C=O) groups excluding carboxylic acids is 1. The molecule has 0 aliphatic heterocycles. The van der Waals surface area contributed by atoms with Crippen molar-refractivity contribution in [1.29, 1.82) is 0 Å². The van der Waals surface area contributed by atoms with Crippen LogP contribution >= 0.6 is 15.9 Å². The van der Waals surface area contributed by atoms with Crippen LogP contribution in [0.15, 0.2) is 33.9 Å². The van der Waals surface area contributed by atoms with Gasteiger partial charge in [-0.3, -0.25) is 4.79 Å². The highest BCUT2D eigenvalue weighted by Gasteiger charge is 2.08. The molecule has 0 N–H and O–H groups in total. The van der Waals surface area contributed by atoms with Crippen molar-refractivity contribution < 1.29 is 4.79 Å². The molecule has 0 bridgehead atoms. The third kappa shape index (κ3) is 2.85. The minimum atomic E-state index is 0.739. The third-order valence-corrected chi connectivity index (χ3v) is 2.17. The largest absolute Gasteiger partial charge is 0.298 e. The summed E-state index contributed by atoms with van der Waals surface area (Å²) >= 11 is 3.39. The van der Waals surface area contributed by atoms with E-state index < -0.39 is 0 Å². The van der Waals surface area contributed by atoms with Crippen LogP contribution in [0.1, 0.15) is 13.3 Å². The lowest BCUT2D eigenvalue weighted by molar-refractivity contribution is -0.104. The Labute approximate surface area is 74.6 Å². The highest BCUT2D eigenvalue weighted by atomic mass is 79.9. The molecule has 1 nitrogen and oxygen atoms in total. The Morgan fingerprint density at radius 1 is 1.64 bits per heavy atom. The van der Waals surface area contributed by atoms with Crippen molar-refractivity contribution in [3.05, 3.63) is 33.9 Å². The fraction of sp³-hybridized carbons (Fsp3) is 0.222. The van der Waals surface area contributed by atoms with Crippen molar-refractivity contribution in [3.8, 4) is 0 Å². The molecule has 11 heavy (non-hydrogen) atoms. The van der Waals surface area contributed by atoms with Gasteiger partial charge < -0.3 is 0 Å².